The molecule has 114 valence electrons. The Morgan fingerprint density at radius 2 is 1.86 bits per heavy atom. The molecule has 0 radical (unpaired) electrons. The van der Waals surface area contributed by atoms with E-state index >= 15 is 0 Å². The lowest BCUT2D eigenvalue weighted by Gasteiger charge is -2.04. The van der Waals surface area contributed by atoms with E-state index in [1.807, 2.05) is 0 Å². The third-order valence-corrected chi connectivity index (χ3v) is 2.92. The number of aryl methyl sites for hydroxylation is 1. The third kappa shape index (κ3) is 2.28. The van der Waals surface area contributed by atoms with Crippen molar-refractivity contribution in [1.82, 2.24) is 29.5 Å². The standard InChI is InChI=1S/C12H10F3N7/c1-21-6-7(5-19-21)8-9(12(13,14)15)20-22(10(8)16)11-17-3-2-4-18-11/h2-6H,16H2,1H3. The Kier molecular flexibility index (Phi) is 3.08. The number of anilines is 1. The lowest BCUT2D eigenvalue weighted by atomic mass is 10.1. The van der Waals surface area contributed by atoms with E-state index in [9.17, 15) is 13.2 Å². The fourth-order valence-electron chi connectivity index (χ4n) is 2.02. The first kappa shape index (κ1) is 14.0. The molecule has 3 heterocycles. The molecular weight excluding hydrogens is 299 g/mol. The minimum Gasteiger partial charge on any atom is -0.383 e. The Morgan fingerprint density at radius 3 is 2.41 bits per heavy atom. The molecule has 0 aliphatic rings. The van der Waals surface area contributed by atoms with Crippen LogP contribution in [0.15, 0.2) is 30.9 Å². The predicted octanol–water partition coefficient (Wildman–Crippen LogP) is 1.66. The SMILES string of the molecule is Cn1cc(-c2c(C(F)(F)F)nn(-c3ncccn3)c2N)cn1. The van der Waals surface area contributed by atoms with Crippen molar-refractivity contribution in [3.05, 3.63) is 36.5 Å². The van der Waals surface area contributed by atoms with Crippen molar-refractivity contribution < 1.29 is 13.2 Å². The molecule has 3 aromatic rings. The summed E-state index contributed by atoms with van der Waals surface area (Å²) in [6, 6.07) is 1.54. The summed E-state index contributed by atoms with van der Waals surface area (Å²) in [5, 5.41) is 7.41. The summed E-state index contributed by atoms with van der Waals surface area (Å²) < 4.78 is 42.0. The van der Waals surface area contributed by atoms with Crippen molar-refractivity contribution in [3.63, 3.8) is 0 Å². The van der Waals surface area contributed by atoms with Crippen molar-refractivity contribution in [2.75, 3.05) is 5.73 Å². The van der Waals surface area contributed by atoms with Gasteiger partial charge in [-0.05, 0) is 6.07 Å². The topological polar surface area (TPSA) is 87.4 Å². The Hall–Kier alpha value is -2.91. The van der Waals surface area contributed by atoms with Gasteiger partial charge in [-0.3, -0.25) is 4.68 Å². The largest absolute Gasteiger partial charge is 0.435 e. The zero-order valence-corrected chi connectivity index (χ0v) is 11.3. The van der Waals surface area contributed by atoms with Crippen molar-refractivity contribution in [2.24, 2.45) is 7.05 Å². The Bertz CT molecular complexity index is 804. The van der Waals surface area contributed by atoms with E-state index in [4.69, 9.17) is 5.73 Å². The fraction of sp³-hybridized carbons (Fsp3) is 0.167. The Morgan fingerprint density at radius 1 is 1.18 bits per heavy atom. The van der Waals surface area contributed by atoms with E-state index in [0.717, 1.165) is 4.68 Å². The van der Waals surface area contributed by atoms with Crippen LogP contribution < -0.4 is 5.73 Å². The van der Waals surface area contributed by atoms with Crippen LogP contribution in [0.2, 0.25) is 0 Å². The molecule has 3 aromatic heterocycles. The first-order chi connectivity index (χ1) is 10.4. The van der Waals surface area contributed by atoms with E-state index in [1.54, 1.807) is 7.05 Å². The molecule has 0 aliphatic heterocycles. The van der Waals surface area contributed by atoms with Gasteiger partial charge in [0.2, 0.25) is 0 Å². The average molecular weight is 309 g/mol. The van der Waals surface area contributed by atoms with Gasteiger partial charge in [-0.15, -0.1) is 0 Å². The van der Waals surface area contributed by atoms with Crippen LogP contribution in [0.3, 0.4) is 0 Å². The quantitative estimate of drug-likeness (QED) is 0.778. The normalized spacial score (nSPS) is 11.8. The molecule has 0 bridgehead atoms. The summed E-state index contributed by atoms with van der Waals surface area (Å²) >= 11 is 0. The zero-order chi connectivity index (χ0) is 15.9. The Labute approximate surface area is 122 Å². The van der Waals surface area contributed by atoms with Gasteiger partial charge in [-0.2, -0.15) is 28.1 Å². The zero-order valence-electron chi connectivity index (χ0n) is 11.3. The maximum Gasteiger partial charge on any atom is 0.435 e. The fourth-order valence-corrected chi connectivity index (χ4v) is 2.02. The number of hydrogen-bond acceptors (Lipinski definition) is 5. The lowest BCUT2D eigenvalue weighted by molar-refractivity contribution is -0.140. The molecule has 0 fully saturated rings. The van der Waals surface area contributed by atoms with Gasteiger partial charge in [-0.25, -0.2) is 9.97 Å². The van der Waals surface area contributed by atoms with Crippen LogP contribution in [0.1, 0.15) is 5.69 Å². The number of aromatic nitrogens is 6. The van der Waals surface area contributed by atoms with Crippen LogP contribution in [0, 0.1) is 0 Å². The second-order valence-electron chi connectivity index (χ2n) is 4.47. The highest BCUT2D eigenvalue weighted by molar-refractivity contribution is 5.77. The molecule has 0 spiro atoms. The van der Waals surface area contributed by atoms with Crippen LogP contribution in [0.25, 0.3) is 17.1 Å². The molecule has 0 aliphatic carbocycles. The number of alkyl halides is 3. The van der Waals surface area contributed by atoms with E-state index in [-0.39, 0.29) is 22.9 Å². The number of halogens is 3. The molecule has 0 unspecified atom stereocenters. The Balaban J connectivity index is 2.26. The second kappa shape index (κ2) is 4.83. The maximum absolute atomic E-state index is 13.3. The number of nitrogens with zero attached hydrogens (tertiary/aromatic N) is 6. The summed E-state index contributed by atoms with van der Waals surface area (Å²) in [5.41, 5.74) is 4.73. The van der Waals surface area contributed by atoms with Gasteiger partial charge in [0, 0.05) is 31.2 Å². The molecule has 0 saturated carbocycles. The van der Waals surface area contributed by atoms with Crippen LogP contribution in [0.4, 0.5) is 19.0 Å². The highest BCUT2D eigenvalue weighted by Crippen LogP contribution is 2.40. The van der Waals surface area contributed by atoms with Gasteiger partial charge < -0.3 is 5.73 Å². The van der Waals surface area contributed by atoms with Crippen molar-refractivity contribution >= 4 is 5.82 Å². The van der Waals surface area contributed by atoms with Crippen LogP contribution >= 0.6 is 0 Å². The summed E-state index contributed by atoms with van der Waals surface area (Å²) in [4.78, 5) is 7.73. The molecule has 0 amide bonds. The summed E-state index contributed by atoms with van der Waals surface area (Å²) in [7, 11) is 1.59. The molecule has 0 saturated heterocycles. The summed E-state index contributed by atoms with van der Waals surface area (Å²) in [5.74, 6) is -0.243. The molecule has 10 heteroatoms. The molecule has 0 aromatic carbocycles. The van der Waals surface area contributed by atoms with Gasteiger partial charge in [0.1, 0.15) is 5.82 Å². The van der Waals surface area contributed by atoms with E-state index in [2.05, 4.69) is 20.2 Å². The minimum atomic E-state index is -4.67. The van der Waals surface area contributed by atoms with Gasteiger partial charge in [0.15, 0.2) is 5.69 Å². The van der Waals surface area contributed by atoms with Gasteiger partial charge in [0.05, 0.1) is 11.8 Å². The van der Waals surface area contributed by atoms with E-state index < -0.39 is 11.9 Å². The molecule has 22 heavy (non-hydrogen) atoms. The van der Waals surface area contributed by atoms with Gasteiger partial charge >= 0.3 is 6.18 Å². The average Bonchev–Trinajstić information content (AvgIpc) is 3.03. The van der Waals surface area contributed by atoms with E-state index in [1.165, 1.54) is 35.5 Å². The van der Waals surface area contributed by atoms with Crippen molar-refractivity contribution in [2.45, 2.75) is 6.18 Å². The summed E-state index contributed by atoms with van der Waals surface area (Å²) in [6.07, 6.45) is 0.831. The summed E-state index contributed by atoms with van der Waals surface area (Å²) in [6.45, 7) is 0. The van der Waals surface area contributed by atoms with Crippen LogP contribution in [0.5, 0.6) is 0 Å². The molecule has 2 N–H and O–H groups in total. The van der Waals surface area contributed by atoms with Crippen molar-refractivity contribution in [1.29, 1.82) is 0 Å². The number of nitrogens with two attached hydrogens (primary N) is 1. The number of nitrogen functional groups attached to an aromatic ring is 1. The lowest BCUT2D eigenvalue weighted by Crippen LogP contribution is -2.09. The van der Waals surface area contributed by atoms with Crippen LogP contribution in [-0.2, 0) is 13.2 Å². The second-order valence-corrected chi connectivity index (χ2v) is 4.47. The first-order valence-electron chi connectivity index (χ1n) is 6.10. The molecular formula is C12H10F3N7. The van der Waals surface area contributed by atoms with Gasteiger partial charge in [-0.1, -0.05) is 0 Å². The monoisotopic (exact) mass is 309 g/mol. The highest BCUT2D eigenvalue weighted by Gasteiger charge is 2.40. The van der Waals surface area contributed by atoms with Crippen molar-refractivity contribution in [3.8, 4) is 17.1 Å². The molecule has 0 atom stereocenters. The first-order valence-corrected chi connectivity index (χ1v) is 6.10. The third-order valence-electron chi connectivity index (χ3n) is 2.92. The number of rotatable bonds is 2. The molecule has 7 nitrogen and oxygen atoms in total. The smallest absolute Gasteiger partial charge is 0.383 e. The van der Waals surface area contributed by atoms with Crippen LogP contribution in [-0.4, -0.2) is 29.5 Å². The number of hydrogen-bond donors (Lipinski definition) is 1. The highest BCUT2D eigenvalue weighted by atomic mass is 19.4. The predicted molar refractivity (Wildman–Crippen MR) is 70.8 cm³/mol. The minimum absolute atomic E-state index is 0.0411. The van der Waals surface area contributed by atoms with E-state index in [0.29, 0.717) is 0 Å². The molecule has 3 rings (SSSR count). The van der Waals surface area contributed by atoms with Gasteiger partial charge in [0.25, 0.3) is 5.95 Å². The maximum atomic E-state index is 13.3.